The van der Waals surface area contributed by atoms with Crippen LogP contribution in [0, 0.1) is 23.0 Å². The van der Waals surface area contributed by atoms with Crippen LogP contribution in [0.5, 0.6) is 11.5 Å². The highest BCUT2D eigenvalue weighted by Crippen LogP contribution is 2.29. The third-order valence-electron chi connectivity index (χ3n) is 3.92. The highest BCUT2D eigenvalue weighted by molar-refractivity contribution is 5.77. The summed E-state index contributed by atoms with van der Waals surface area (Å²) in [6.07, 6.45) is -0.863. The second-order valence-corrected chi connectivity index (χ2v) is 6.03. The highest BCUT2D eigenvalue weighted by Gasteiger charge is 2.33. The van der Waals surface area contributed by atoms with E-state index in [9.17, 15) is 26.7 Å². The van der Waals surface area contributed by atoms with Gasteiger partial charge in [-0.2, -0.15) is 18.4 Å². The molecule has 0 saturated carbocycles. The summed E-state index contributed by atoms with van der Waals surface area (Å²) >= 11 is 0. The fourth-order valence-corrected chi connectivity index (χ4v) is 2.44. The van der Waals surface area contributed by atoms with Crippen molar-refractivity contribution < 1.29 is 31.5 Å². The van der Waals surface area contributed by atoms with Gasteiger partial charge < -0.3 is 4.74 Å². The molecule has 1 aliphatic heterocycles. The Hall–Kier alpha value is -4.14. The predicted octanol–water partition coefficient (Wildman–Crippen LogP) is 4.38. The minimum absolute atomic E-state index is 0.0448. The fourth-order valence-electron chi connectivity index (χ4n) is 2.44. The van der Waals surface area contributed by atoms with Crippen molar-refractivity contribution in [2.24, 2.45) is 0 Å². The Morgan fingerprint density at radius 2 is 1.90 bits per heavy atom. The normalized spacial score (nSPS) is 13.3. The molecule has 0 saturated heterocycles. The quantitative estimate of drug-likeness (QED) is 0.548. The van der Waals surface area contributed by atoms with E-state index in [4.69, 9.17) is 10.00 Å². The van der Waals surface area contributed by atoms with Crippen molar-refractivity contribution in [2.75, 3.05) is 12.0 Å². The number of benzene rings is 1. The Bertz CT molecular complexity index is 1080. The van der Waals surface area contributed by atoms with E-state index in [1.807, 2.05) is 5.43 Å². The third-order valence-corrected chi connectivity index (χ3v) is 3.92. The van der Waals surface area contributed by atoms with Gasteiger partial charge in [-0.1, -0.05) is 6.08 Å². The highest BCUT2D eigenvalue weighted by atomic mass is 19.4. The lowest BCUT2D eigenvalue weighted by atomic mass is 10.2. The molecule has 31 heavy (non-hydrogen) atoms. The summed E-state index contributed by atoms with van der Waals surface area (Å²) in [5.74, 6) is -2.31. The number of hydrogen-bond acceptors (Lipinski definition) is 5. The van der Waals surface area contributed by atoms with E-state index in [1.165, 1.54) is 18.3 Å². The van der Waals surface area contributed by atoms with Crippen LogP contribution in [-0.2, 0) is 0 Å². The molecule has 3 rings (SSSR count). The van der Waals surface area contributed by atoms with Crippen molar-refractivity contribution in [3.8, 4) is 17.6 Å². The van der Waals surface area contributed by atoms with Crippen LogP contribution in [0.3, 0.4) is 0 Å². The number of rotatable bonds is 4. The first kappa shape index (κ1) is 21.6. The number of allylic oxidation sites excluding steroid dienone is 2. The number of halogens is 5. The Balaban J connectivity index is 1.64. The number of anilines is 1. The monoisotopic (exact) mass is 437 g/mol. The van der Waals surface area contributed by atoms with Crippen molar-refractivity contribution >= 4 is 11.7 Å². The van der Waals surface area contributed by atoms with E-state index in [0.29, 0.717) is 6.08 Å². The van der Waals surface area contributed by atoms with Gasteiger partial charge in [-0.15, -0.1) is 0 Å². The molecule has 0 atom stereocenters. The molecule has 2 N–H and O–H groups in total. The molecule has 2 heterocycles. The second kappa shape index (κ2) is 8.70. The Morgan fingerprint density at radius 3 is 2.48 bits per heavy atom. The molecule has 2 aromatic rings. The van der Waals surface area contributed by atoms with Crippen molar-refractivity contribution in [2.45, 2.75) is 6.18 Å². The van der Waals surface area contributed by atoms with Gasteiger partial charge in [0.2, 0.25) is 0 Å². The number of pyridine rings is 1. The summed E-state index contributed by atoms with van der Waals surface area (Å²) in [7, 11) is 0. The molecule has 12 heteroatoms. The van der Waals surface area contributed by atoms with Gasteiger partial charge in [-0.05, 0) is 12.1 Å². The summed E-state index contributed by atoms with van der Waals surface area (Å²) < 4.78 is 71.6. The number of carbonyl (C=O) groups is 1. The van der Waals surface area contributed by atoms with Crippen LogP contribution in [0.15, 0.2) is 54.4 Å². The van der Waals surface area contributed by atoms with E-state index in [2.05, 4.69) is 10.4 Å². The van der Waals surface area contributed by atoms with E-state index in [0.717, 1.165) is 29.3 Å². The molecule has 0 aliphatic carbocycles. The fraction of sp³-hybridized carbons (Fsp3) is 0.105. The number of amides is 2. The molecule has 0 spiro atoms. The van der Waals surface area contributed by atoms with Crippen LogP contribution in [0.25, 0.3) is 0 Å². The standard InChI is InChI=1S/C19H12F5N5O2/c20-15-8-14(31-13-1-4-26-12(7-13)10-25)9-16(21)17(15)27-28-18(30)29-5-2-11(3-6-29)19(22,23)24/h1-5,7-9,27H,6H2,(H,28,30). The predicted molar refractivity (Wildman–Crippen MR) is 97.5 cm³/mol. The summed E-state index contributed by atoms with van der Waals surface area (Å²) in [5, 5.41) is 8.81. The first-order chi connectivity index (χ1) is 14.7. The van der Waals surface area contributed by atoms with Gasteiger partial charge >= 0.3 is 12.2 Å². The Labute approximate surface area is 172 Å². The van der Waals surface area contributed by atoms with Crippen molar-refractivity contribution in [3.63, 3.8) is 0 Å². The molecule has 0 unspecified atom stereocenters. The summed E-state index contributed by atoms with van der Waals surface area (Å²) in [5.41, 5.74) is 2.48. The van der Waals surface area contributed by atoms with Gasteiger partial charge in [0, 0.05) is 37.1 Å². The zero-order valence-electron chi connectivity index (χ0n) is 15.4. The molecule has 160 valence electrons. The number of nitrogens with zero attached hydrogens (tertiary/aromatic N) is 3. The van der Waals surface area contributed by atoms with Crippen LogP contribution in [0.1, 0.15) is 5.69 Å². The van der Waals surface area contributed by atoms with Crippen LogP contribution < -0.4 is 15.6 Å². The maximum Gasteiger partial charge on any atom is 0.416 e. The smallest absolute Gasteiger partial charge is 0.416 e. The van der Waals surface area contributed by atoms with Gasteiger partial charge in [-0.3, -0.25) is 15.8 Å². The second-order valence-electron chi connectivity index (χ2n) is 6.03. The minimum Gasteiger partial charge on any atom is -0.457 e. The van der Waals surface area contributed by atoms with E-state index < -0.39 is 35.1 Å². The number of nitrogens with one attached hydrogen (secondary N) is 2. The Kier molecular flexibility index (Phi) is 6.05. The molecule has 1 aromatic heterocycles. The zero-order valence-corrected chi connectivity index (χ0v) is 15.4. The van der Waals surface area contributed by atoms with E-state index >= 15 is 0 Å². The van der Waals surface area contributed by atoms with Crippen LogP contribution in [-0.4, -0.2) is 28.6 Å². The summed E-state index contributed by atoms with van der Waals surface area (Å²) in [6.45, 7) is -0.382. The molecule has 0 radical (unpaired) electrons. The topological polar surface area (TPSA) is 90.3 Å². The van der Waals surface area contributed by atoms with Crippen LogP contribution >= 0.6 is 0 Å². The maximum absolute atomic E-state index is 14.3. The largest absolute Gasteiger partial charge is 0.457 e. The van der Waals surface area contributed by atoms with Gasteiger partial charge in [0.1, 0.15) is 28.9 Å². The lowest BCUT2D eigenvalue weighted by Crippen LogP contribution is -2.41. The number of alkyl halides is 3. The first-order valence-electron chi connectivity index (χ1n) is 8.48. The van der Waals surface area contributed by atoms with Gasteiger partial charge in [-0.25, -0.2) is 18.6 Å². The first-order valence-corrected chi connectivity index (χ1v) is 8.48. The maximum atomic E-state index is 14.3. The third kappa shape index (κ3) is 5.27. The number of hydrazine groups is 1. The molecule has 0 fully saturated rings. The van der Waals surface area contributed by atoms with Gasteiger partial charge in [0.05, 0.1) is 5.57 Å². The number of nitriles is 1. The van der Waals surface area contributed by atoms with Gasteiger partial charge in [0.15, 0.2) is 11.6 Å². The summed E-state index contributed by atoms with van der Waals surface area (Å²) in [4.78, 5) is 16.6. The number of aromatic nitrogens is 1. The van der Waals surface area contributed by atoms with Crippen molar-refractivity contribution in [1.82, 2.24) is 15.3 Å². The van der Waals surface area contributed by atoms with E-state index in [1.54, 1.807) is 6.07 Å². The zero-order chi connectivity index (χ0) is 22.6. The Morgan fingerprint density at radius 1 is 1.19 bits per heavy atom. The van der Waals surface area contributed by atoms with E-state index in [-0.39, 0.29) is 23.7 Å². The lowest BCUT2D eigenvalue weighted by molar-refractivity contribution is -0.0888. The van der Waals surface area contributed by atoms with Crippen LogP contribution in [0.4, 0.5) is 32.4 Å². The number of hydrogen-bond donors (Lipinski definition) is 2. The molecule has 1 aliphatic rings. The van der Waals surface area contributed by atoms with Crippen molar-refractivity contribution in [1.29, 1.82) is 5.26 Å². The average Bonchev–Trinajstić information content (AvgIpc) is 2.72. The van der Waals surface area contributed by atoms with Crippen molar-refractivity contribution in [3.05, 3.63) is 71.7 Å². The number of ether oxygens (including phenoxy) is 1. The van der Waals surface area contributed by atoms with Gasteiger partial charge in [0.25, 0.3) is 0 Å². The molecule has 7 nitrogen and oxygen atoms in total. The SMILES string of the molecule is N#Cc1cc(Oc2cc(F)c(NNC(=O)N3C=CC(C(F)(F)F)=CC3)c(F)c2)ccn1. The average molecular weight is 437 g/mol. The molecule has 1 aromatic carbocycles. The summed E-state index contributed by atoms with van der Waals surface area (Å²) in [6, 6.07) is 5.18. The molecular formula is C19H12F5N5O2. The lowest BCUT2D eigenvalue weighted by Gasteiger charge is -2.22. The molecule has 2 amide bonds. The molecular weight excluding hydrogens is 425 g/mol. The van der Waals surface area contributed by atoms with Crippen LogP contribution in [0.2, 0.25) is 0 Å². The number of urea groups is 1. The molecule has 0 bridgehead atoms. The minimum atomic E-state index is -4.54. The number of carbonyl (C=O) groups excluding carboxylic acids is 1.